The van der Waals surface area contributed by atoms with Crippen LogP contribution >= 0.6 is 34.9 Å². The minimum atomic E-state index is -1.45. The molecule has 194 valence electrons. The molecule has 1 saturated heterocycles. The van der Waals surface area contributed by atoms with Crippen molar-refractivity contribution in [3.8, 4) is 12.3 Å². The van der Waals surface area contributed by atoms with Gasteiger partial charge in [0.15, 0.2) is 17.5 Å². The van der Waals surface area contributed by atoms with E-state index in [1.807, 2.05) is 28.8 Å². The smallest absolute Gasteiger partial charge is 0.543 e. The van der Waals surface area contributed by atoms with E-state index in [0.29, 0.717) is 17.1 Å². The Balaban J connectivity index is 0.00000353. The number of rotatable bonds is 9. The second kappa shape index (κ2) is 12.5. The monoisotopic (exact) mass is 591 g/mol. The molecule has 0 saturated carbocycles. The Hall–Kier alpha value is -3.00. The maximum absolute atomic E-state index is 13.1. The molecule has 2 atom stereocenters. The second-order valence-corrected chi connectivity index (χ2v) is 10.9. The van der Waals surface area contributed by atoms with Gasteiger partial charge in [0, 0.05) is 29.3 Å². The number of aromatic nitrogens is 3. The summed E-state index contributed by atoms with van der Waals surface area (Å²) in [5.74, 6) is 0.140. The molecule has 0 bridgehead atoms. The van der Waals surface area contributed by atoms with Crippen molar-refractivity contribution >= 4 is 69.1 Å². The Kier molecular flexibility index (Phi) is 9.26. The maximum Gasteiger partial charge on any atom is 1.00 e. The van der Waals surface area contributed by atoms with Gasteiger partial charge in [0.1, 0.15) is 22.8 Å². The van der Waals surface area contributed by atoms with Crippen LogP contribution in [0.5, 0.6) is 0 Å². The number of carboxylic acid groups (broad SMARTS) is 1. The van der Waals surface area contributed by atoms with Crippen LogP contribution in [0.15, 0.2) is 57.4 Å². The zero-order valence-corrected chi connectivity index (χ0v) is 24.8. The normalized spacial score (nSPS) is 18.6. The van der Waals surface area contributed by atoms with E-state index in [4.69, 9.17) is 17.0 Å². The van der Waals surface area contributed by atoms with Gasteiger partial charge in [-0.25, -0.2) is 9.97 Å². The van der Waals surface area contributed by atoms with Crippen molar-refractivity contribution in [1.82, 2.24) is 24.6 Å². The number of pyridine rings is 1. The number of carbonyl (C=O) groups is 3. The van der Waals surface area contributed by atoms with Gasteiger partial charge in [0.05, 0.1) is 16.7 Å². The van der Waals surface area contributed by atoms with Crippen molar-refractivity contribution in [2.45, 2.75) is 16.4 Å². The van der Waals surface area contributed by atoms with Crippen LogP contribution in [-0.2, 0) is 19.2 Å². The molecular weight excluding hydrogens is 573 g/mol. The van der Waals surface area contributed by atoms with Crippen molar-refractivity contribution in [3.05, 3.63) is 52.9 Å². The van der Waals surface area contributed by atoms with Crippen molar-refractivity contribution in [3.63, 3.8) is 0 Å². The third-order valence-electron chi connectivity index (χ3n) is 5.60. The van der Waals surface area contributed by atoms with Gasteiger partial charge in [-0.3, -0.25) is 18.9 Å². The number of oxime groups is 1. The quantitative estimate of drug-likeness (QED) is 0.0496. The molecule has 16 heteroatoms. The van der Waals surface area contributed by atoms with Gasteiger partial charge in [-0.05, 0) is 17.7 Å². The minimum Gasteiger partial charge on any atom is -0.543 e. The van der Waals surface area contributed by atoms with Crippen LogP contribution in [-0.4, -0.2) is 72.3 Å². The van der Waals surface area contributed by atoms with Gasteiger partial charge in [0.2, 0.25) is 0 Å². The Labute approximate surface area is 256 Å². The number of hydrogen-bond acceptors (Lipinski definition) is 12. The molecule has 5 rings (SSSR count). The number of carboxylic acids is 1. The van der Waals surface area contributed by atoms with Crippen LogP contribution in [0, 0.1) is 12.3 Å². The average Bonchev–Trinajstić information content (AvgIpc) is 3.57. The Morgan fingerprint density at radius 3 is 2.95 bits per heavy atom. The molecule has 2 amide bonds. The zero-order valence-electron chi connectivity index (χ0n) is 20.4. The third-order valence-corrected chi connectivity index (χ3v) is 8.73. The molecule has 39 heavy (non-hydrogen) atoms. The van der Waals surface area contributed by atoms with Crippen LogP contribution < -0.4 is 45.7 Å². The molecule has 3 aromatic rings. The standard InChI is InChI=1S/C23H19N7O5S3.Na/c1-2-8-35-28-16(13-11-38-23(24)26-13)19(31)27-17-20(32)30-18(22(33)34)12(10-37-21(17)30)9-36-15-5-3-4-14-25-6-7-29(14)15;/h1,3-7,11,17,21H,8-10H2,(H2,24,26)(H,27,31)(H,33,34);/q;+1/p-1/b28-16-;/t17-,21+;/m1./s1. The first kappa shape index (κ1) is 29.0. The van der Waals surface area contributed by atoms with Gasteiger partial charge >= 0.3 is 29.6 Å². The summed E-state index contributed by atoms with van der Waals surface area (Å²) in [6.07, 6.45) is 8.66. The summed E-state index contributed by atoms with van der Waals surface area (Å²) in [5, 5.41) is 20.4. The SMILES string of the molecule is C#CCO/N=C(\C(=O)N[C@@H]1C(=O)N2C(C(=O)[O-])=C(CSc3cccc4nccn34)CS[C@@H]12)c1csc(N)n1.[Na+]. The van der Waals surface area contributed by atoms with Gasteiger partial charge in [-0.2, -0.15) is 0 Å². The summed E-state index contributed by atoms with van der Waals surface area (Å²) in [7, 11) is 0. The van der Waals surface area contributed by atoms with E-state index in [1.165, 1.54) is 28.9 Å². The maximum atomic E-state index is 13.1. The number of nitrogen functional groups attached to an aromatic ring is 1. The van der Waals surface area contributed by atoms with Crippen molar-refractivity contribution in [2.24, 2.45) is 5.16 Å². The number of anilines is 1. The Morgan fingerprint density at radius 1 is 1.41 bits per heavy atom. The molecular formula is C23H18N7NaO5S3. The second-order valence-electron chi connectivity index (χ2n) is 7.90. The molecule has 2 aliphatic rings. The number of fused-ring (bicyclic) bond motifs is 2. The summed E-state index contributed by atoms with van der Waals surface area (Å²) in [6.45, 7) is -0.180. The number of β-lactam (4-membered cyclic amide) rings is 1. The molecule has 3 aromatic heterocycles. The largest absolute Gasteiger partial charge is 1.00 e. The van der Waals surface area contributed by atoms with Crippen LogP contribution in [0.2, 0.25) is 0 Å². The summed E-state index contributed by atoms with van der Waals surface area (Å²) in [4.78, 5) is 52.6. The summed E-state index contributed by atoms with van der Waals surface area (Å²) < 4.78 is 1.89. The predicted octanol–water partition coefficient (Wildman–Crippen LogP) is -3.07. The fourth-order valence-electron chi connectivity index (χ4n) is 3.93. The molecule has 0 aliphatic carbocycles. The Morgan fingerprint density at radius 2 is 2.23 bits per heavy atom. The number of hydrogen-bond donors (Lipinski definition) is 2. The first-order valence-electron chi connectivity index (χ1n) is 11.0. The summed E-state index contributed by atoms with van der Waals surface area (Å²) in [5.41, 5.74) is 6.77. The van der Waals surface area contributed by atoms with E-state index in [0.717, 1.165) is 26.9 Å². The van der Waals surface area contributed by atoms with E-state index in [1.54, 1.807) is 6.20 Å². The molecule has 0 spiro atoms. The molecule has 3 N–H and O–H groups in total. The van der Waals surface area contributed by atoms with Crippen molar-refractivity contribution < 1.29 is 53.9 Å². The van der Waals surface area contributed by atoms with Gasteiger partial charge in [0.25, 0.3) is 11.8 Å². The van der Waals surface area contributed by atoms with E-state index >= 15 is 0 Å². The first-order valence-corrected chi connectivity index (χ1v) is 13.9. The molecule has 1 fully saturated rings. The number of thioether (sulfide) groups is 2. The predicted molar refractivity (Wildman–Crippen MR) is 141 cm³/mol. The van der Waals surface area contributed by atoms with Crippen LogP contribution in [0.3, 0.4) is 0 Å². The van der Waals surface area contributed by atoms with E-state index in [-0.39, 0.29) is 58.4 Å². The van der Waals surface area contributed by atoms with Gasteiger partial charge in [-0.15, -0.1) is 41.3 Å². The van der Waals surface area contributed by atoms with E-state index < -0.39 is 29.2 Å². The van der Waals surface area contributed by atoms with E-state index in [2.05, 4.69) is 26.4 Å². The molecule has 5 heterocycles. The topological polar surface area (TPSA) is 167 Å². The number of imidazole rings is 1. The molecule has 2 aliphatic heterocycles. The number of nitrogens with two attached hydrogens (primary N) is 1. The molecule has 0 radical (unpaired) electrons. The molecule has 0 aromatic carbocycles. The fraction of sp³-hybridized carbons (Fsp3) is 0.217. The zero-order chi connectivity index (χ0) is 26.8. The number of aliphatic carboxylic acids is 1. The number of nitrogens with zero attached hydrogens (tertiary/aromatic N) is 5. The number of nitrogens with one attached hydrogen (secondary N) is 1. The number of terminal acetylenes is 1. The van der Waals surface area contributed by atoms with Gasteiger partial charge in [-0.1, -0.05) is 17.1 Å². The number of amides is 2. The first-order chi connectivity index (χ1) is 18.4. The average molecular weight is 592 g/mol. The van der Waals surface area contributed by atoms with Crippen LogP contribution in [0.25, 0.3) is 5.65 Å². The van der Waals surface area contributed by atoms with Crippen LogP contribution in [0.1, 0.15) is 5.69 Å². The number of carbonyl (C=O) groups excluding carboxylic acids is 3. The fourth-order valence-corrected chi connectivity index (χ4v) is 6.98. The van der Waals surface area contributed by atoms with Crippen LogP contribution in [0.4, 0.5) is 5.13 Å². The molecule has 0 unspecified atom stereocenters. The molecule has 12 nitrogen and oxygen atoms in total. The van der Waals surface area contributed by atoms with E-state index in [9.17, 15) is 19.5 Å². The van der Waals surface area contributed by atoms with Crippen molar-refractivity contribution in [1.29, 1.82) is 0 Å². The third kappa shape index (κ3) is 5.81. The van der Waals surface area contributed by atoms with Crippen molar-refractivity contribution in [2.75, 3.05) is 23.8 Å². The Bertz CT molecular complexity index is 1550. The van der Waals surface area contributed by atoms with Gasteiger partial charge < -0.3 is 25.8 Å². The summed E-state index contributed by atoms with van der Waals surface area (Å²) in [6, 6.07) is 4.65. The number of thiazole rings is 1. The minimum absolute atomic E-state index is 0. The summed E-state index contributed by atoms with van der Waals surface area (Å²) >= 11 is 3.88.